The molecule has 0 radical (unpaired) electrons. The van der Waals surface area contributed by atoms with Crippen LogP contribution in [0.1, 0.15) is 17.7 Å². The molecule has 0 aromatic carbocycles. The number of halogens is 3. The molecule has 1 aliphatic heterocycles. The highest BCUT2D eigenvalue weighted by Crippen LogP contribution is 2.20. The Morgan fingerprint density at radius 2 is 2.06 bits per heavy atom. The summed E-state index contributed by atoms with van der Waals surface area (Å²) in [5.74, 6) is 0. The normalized spacial score (nSPS) is 19.3. The van der Waals surface area contributed by atoms with Crippen LogP contribution >= 0.6 is 11.3 Å². The lowest BCUT2D eigenvalue weighted by molar-refractivity contribution is -0.148. The van der Waals surface area contributed by atoms with Crippen molar-refractivity contribution in [2.24, 2.45) is 0 Å². The van der Waals surface area contributed by atoms with Crippen molar-refractivity contribution < 1.29 is 13.2 Å². The van der Waals surface area contributed by atoms with Crippen LogP contribution in [0.5, 0.6) is 0 Å². The van der Waals surface area contributed by atoms with Gasteiger partial charge in [-0.25, -0.2) is 0 Å². The molecule has 0 aliphatic carbocycles. The first kappa shape index (κ1) is 13.8. The molecule has 0 bridgehead atoms. The van der Waals surface area contributed by atoms with Gasteiger partial charge in [-0.15, -0.1) is 11.3 Å². The van der Waals surface area contributed by atoms with Gasteiger partial charge in [-0.05, 0) is 37.4 Å². The van der Waals surface area contributed by atoms with Gasteiger partial charge in [0, 0.05) is 17.5 Å². The lowest BCUT2D eigenvalue weighted by Crippen LogP contribution is -2.45. The van der Waals surface area contributed by atoms with E-state index >= 15 is 0 Å². The van der Waals surface area contributed by atoms with E-state index in [0.29, 0.717) is 19.1 Å². The Balaban J connectivity index is 1.67. The molecule has 0 amide bonds. The van der Waals surface area contributed by atoms with Crippen molar-refractivity contribution >= 4 is 11.3 Å². The van der Waals surface area contributed by atoms with Gasteiger partial charge in [-0.3, -0.25) is 4.90 Å². The molecule has 1 N–H and O–H groups in total. The third-order valence-electron chi connectivity index (χ3n) is 3.14. The number of nitrogens with one attached hydrogen (secondary N) is 1. The zero-order valence-corrected chi connectivity index (χ0v) is 10.9. The summed E-state index contributed by atoms with van der Waals surface area (Å²) in [6, 6.07) is 4.42. The second-order valence-corrected chi connectivity index (χ2v) is 5.66. The number of hydrogen-bond donors (Lipinski definition) is 1. The minimum atomic E-state index is -4.07. The quantitative estimate of drug-likeness (QED) is 0.911. The Bertz CT molecular complexity index is 343. The van der Waals surface area contributed by atoms with Crippen LogP contribution in [0.25, 0.3) is 0 Å². The largest absolute Gasteiger partial charge is 0.401 e. The molecule has 102 valence electrons. The van der Waals surface area contributed by atoms with Crippen molar-refractivity contribution in [2.75, 3.05) is 19.6 Å². The molecule has 0 atom stereocenters. The lowest BCUT2D eigenvalue weighted by atomic mass is 10.1. The van der Waals surface area contributed by atoms with E-state index in [4.69, 9.17) is 0 Å². The van der Waals surface area contributed by atoms with Gasteiger partial charge in [0.2, 0.25) is 0 Å². The monoisotopic (exact) mass is 278 g/mol. The van der Waals surface area contributed by atoms with E-state index in [1.807, 2.05) is 11.4 Å². The number of piperidine rings is 1. The standard InChI is InChI=1S/C12H17F3N2S/c13-12(14,15)9-17-5-3-10(4-6-17)16-8-11-2-1-7-18-11/h1-2,7,10,16H,3-6,8-9H2. The summed E-state index contributed by atoms with van der Waals surface area (Å²) in [7, 11) is 0. The number of nitrogens with zero attached hydrogens (tertiary/aromatic N) is 1. The maximum atomic E-state index is 12.2. The van der Waals surface area contributed by atoms with Gasteiger partial charge in [-0.2, -0.15) is 13.2 Å². The van der Waals surface area contributed by atoms with Gasteiger partial charge in [0.25, 0.3) is 0 Å². The summed E-state index contributed by atoms with van der Waals surface area (Å²) >= 11 is 1.70. The molecular formula is C12H17F3N2S. The molecule has 0 unspecified atom stereocenters. The maximum Gasteiger partial charge on any atom is 0.401 e. The Morgan fingerprint density at radius 3 is 2.61 bits per heavy atom. The first-order valence-electron chi connectivity index (χ1n) is 6.08. The fourth-order valence-corrected chi connectivity index (χ4v) is 2.86. The molecule has 2 nitrogen and oxygen atoms in total. The highest BCUT2D eigenvalue weighted by atomic mass is 32.1. The summed E-state index contributed by atoms with van der Waals surface area (Å²) < 4.78 is 36.6. The maximum absolute atomic E-state index is 12.2. The zero-order valence-electron chi connectivity index (χ0n) is 10.0. The first-order valence-corrected chi connectivity index (χ1v) is 6.96. The topological polar surface area (TPSA) is 15.3 Å². The fourth-order valence-electron chi connectivity index (χ4n) is 2.21. The van der Waals surface area contributed by atoms with E-state index in [1.165, 1.54) is 9.78 Å². The van der Waals surface area contributed by atoms with Gasteiger partial charge in [0.15, 0.2) is 0 Å². The molecule has 2 heterocycles. The summed E-state index contributed by atoms with van der Waals surface area (Å²) in [5.41, 5.74) is 0. The molecule has 1 aromatic rings. The average Bonchev–Trinajstić information content (AvgIpc) is 2.79. The van der Waals surface area contributed by atoms with E-state index in [0.717, 1.165) is 19.4 Å². The fraction of sp³-hybridized carbons (Fsp3) is 0.667. The van der Waals surface area contributed by atoms with Gasteiger partial charge in [0.05, 0.1) is 6.54 Å². The number of rotatable bonds is 4. The summed E-state index contributed by atoms with van der Waals surface area (Å²) in [4.78, 5) is 2.76. The third-order valence-corrected chi connectivity index (χ3v) is 4.01. The summed E-state index contributed by atoms with van der Waals surface area (Å²) in [6.07, 6.45) is -2.49. The van der Waals surface area contributed by atoms with E-state index < -0.39 is 12.7 Å². The molecular weight excluding hydrogens is 261 g/mol. The Morgan fingerprint density at radius 1 is 1.33 bits per heavy atom. The Labute approximate surface area is 109 Å². The third kappa shape index (κ3) is 4.59. The molecule has 1 aromatic heterocycles. The van der Waals surface area contributed by atoms with Crippen molar-refractivity contribution in [3.8, 4) is 0 Å². The van der Waals surface area contributed by atoms with Crippen molar-refractivity contribution in [3.05, 3.63) is 22.4 Å². The number of hydrogen-bond acceptors (Lipinski definition) is 3. The van der Waals surface area contributed by atoms with Gasteiger partial charge in [0.1, 0.15) is 0 Å². The van der Waals surface area contributed by atoms with Crippen LogP contribution < -0.4 is 5.32 Å². The highest BCUT2D eigenvalue weighted by Gasteiger charge is 2.32. The van der Waals surface area contributed by atoms with Crippen LogP contribution in [0, 0.1) is 0 Å². The number of alkyl halides is 3. The minimum Gasteiger partial charge on any atom is -0.309 e. The van der Waals surface area contributed by atoms with Gasteiger partial charge < -0.3 is 5.32 Å². The van der Waals surface area contributed by atoms with E-state index in [9.17, 15) is 13.2 Å². The smallest absolute Gasteiger partial charge is 0.309 e. The summed E-state index contributed by atoms with van der Waals surface area (Å²) in [6.45, 7) is 1.11. The number of thiophene rings is 1. The molecule has 18 heavy (non-hydrogen) atoms. The average molecular weight is 278 g/mol. The van der Waals surface area contributed by atoms with Crippen LogP contribution in [-0.4, -0.2) is 36.8 Å². The van der Waals surface area contributed by atoms with Crippen LogP contribution in [0.2, 0.25) is 0 Å². The first-order chi connectivity index (χ1) is 8.53. The minimum absolute atomic E-state index is 0.344. The lowest BCUT2D eigenvalue weighted by Gasteiger charge is -2.32. The molecule has 2 rings (SSSR count). The van der Waals surface area contributed by atoms with Crippen LogP contribution in [0.4, 0.5) is 13.2 Å². The van der Waals surface area contributed by atoms with Gasteiger partial charge >= 0.3 is 6.18 Å². The zero-order chi connectivity index (χ0) is 13.0. The van der Waals surface area contributed by atoms with E-state index in [2.05, 4.69) is 11.4 Å². The number of likely N-dealkylation sites (tertiary alicyclic amines) is 1. The van der Waals surface area contributed by atoms with Crippen molar-refractivity contribution in [3.63, 3.8) is 0 Å². The highest BCUT2D eigenvalue weighted by molar-refractivity contribution is 7.09. The molecule has 1 aliphatic rings. The predicted molar refractivity (Wildman–Crippen MR) is 66.7 cm³/mol. The SMILES string of the molecule is FC(F)(F)CN1CCC(NCc2cccs2)CC1. The predicted octanol–water partition coefficient (Wildman–Crippen LogP) is 2.86. The molecule has 1 fully saturated rings. The van der Waals surface area contributed by atoms with Gasteiger partial charge in [-0.1, -0.05) is 6.07 Å². The summed E-state index contributed by atoms with van der Waals surface area (Å²) in [5, 5.41) is 5.44. The second-order valence-electron chi connectivity index (χ2n) is 4.63. The van der Waals surface area contributed by atoms with Crippen molar-refractivity contribution in [1.29, 1.82) is 0 Å². The van der Waals surface area contributed by atoms with E-state index in [-0.39, 0.29) is 0 Å². The van der Waals surface area contributed by atoms with Crippen LogP contribution in [-0.2, 0) is 6.54 Å². The molecule has 1 saturated heterocycles. The molecule has 6 heteroatoms. The van der Waals surface area contributed by atoms with Crippen molar-refractivity contribution in [1.82, 2.24) is 10.2 Å². The molecule has 0 spiro atoms. The Kier molecular flexibility index (Phi) is 4.64. The Hall–Kier alpha value is -0.590. The second kappa shape index (κ2) is 6.04. The van der Waals surface area contributed by atoms with Crippen LogP contribution in [0.15, 0.2) is 17.5 Å². The van der Waals surface area contributed by atoms with E-state index in [1.54, 1.807) is 11.3 Å². The van der Waals surface area contributed by atoms with Crippen LogP contribution in [0.3, 0.4) is 0 Å². The molecule has 0 saturated carbocycles. The van der Waals surface area contributed by atoms with Crippen molar-refractivity contribution in [2.45, 2.75) is 31.6 Å².